The summed E-state index contributed by atoms with van der Waals surface area (Å²) in [7, 11) is 0. The Hall–Kier alpha value is -2.11. The normalized spacial score (nSPS) is 22.2. The van der Waals surface area contributed by atoms with E-state index in [1.807, 2.05) is 17.0 Å². The van der Waals surface area contributed by atoms with Crippen LogP contribution in [0.4, 0.5) is 5.82 Å². The second kappa shape index (κ2) is 9.80. The van der Waals surface area contributed by atoms with Gasteiger partial charge in [-0.15, -0.1) is 0 Å². The minimum Gasteiger partial charge on any atom is -0.357 e. The van der Waals surface area contributed by atoms with E-state index in [4.69, 9.17) is 0 Å². The summed E-state index contributed by atoms with van der Waals surface area (Å²) in [4.78, 5) is 34.2. The number of anilines is 1. The van der Waals surface area contributed by atoms with Crippen LogP contribution in [0, 0.1) is 11.8 Å². The molecular weight excluding hydrogens is 376 g/mol. The van der Waals surface area contributed by atoms with Gasteiger partial charge in [0.1, 0.15) is 5.82 Å². The molecule has 1 aliphatic carbocycles. The molecule has 6 nitrogen and oxygen atoms in total. The summed E-state index contributed by atoms with van der Waals surface area (Å²) in [5, 5.41) is 3.15. The highest BCUT2D eigenvalue weighted by atomic mass is 16.2. The number of carbonyl (C=O) groups excluding carboxylic acids is 2. The predicted molar refractivity (Wildman–Crippen MR) is 118 cm³/mol. The van der Waals surface area contributed by atoms with Gasteiger partial charge in [0.15, 0.2) is 0 Å². The Morgan fingerprint density at radius 1 is 0.933 bits per heavy atom. The zero-order valence-electron chi connectivity index (χ0n) is 18.3. The molecule has 2 amide bonds. The first-order valence-electron chi connectivity index (χ1n) is 11.9. The van der Waals surface area contributed by atoms with Gasteiger partial charge >= 0.3 is 0 Å². The van der Waals surface area contributed by atoms with E-state index in [0.29, 0.717) is 11.5 Å². The molecule has 2 saturated heterocycles. The Morgan fingerprint density at radius 3 is 2.27 bits per heavy atom. The van der Waals surface area contributed by atoms with Gasteiger partial charge in [-0.05, 0) is 56.6 Å². The molecule has 2 aliphatic heterocycles. The molecule has 4 rings (SSSR count). The third-order valence-corrected chi connectivity index (χ3v) is 7.21. The number of piperidine rings is 2. The number of carbonyl (C=O) groups is 2. The molecule has 0 spiro atoms. The van der Waals surface area contributed by atoms with Gasteiger partial charge in [-0.25, -0.2) is 4.98 Å². The number of hydrogen-bond donors (Lipinski definition) is 1. The fourth-order valence-electron chi connectivity index (χ4n) is 5.07. The van der Waals surface area contributed by atoms with Crippen molar-refractivity contribution in [2.75, 3.05) is 31.1 Å². The monoisotopic (exact) mass is 412 g/mol. The molecule has 1 N–H and O–H groups in total. The Kier molecular flexibility index (Phi) is 6.90. The molecule has 1 aromatic rings. The molecule has 6 heteroatoms. The standard InChI is InChI=1S/C24H36N4O2/c1-18-9-13-27(14-10-18)22-8-7-20(17-25-22)23(29)26-21-11-15-28(16-12-21)24(30)19-5-3-2-4-6-19/h7-8,17-19,21H,2-6,9-16H2,1H3,(H,26,29). The minimum atomic E-state index is -0.0571. The van der Waals surface area contributed by atoms with Crippen LogP contribution in [0.5, 0.6) is 0 Å². The smallest absolute Gasteiger partial charge is 0.253 e. The predicted octanol–water partition coefficient (Wildman–Crippen LogP) is 3.62. The summed E-state index contributed by atoms with van der Waals surface area (Å²) >= 11 is 0. The topological polar surface area (TPSA) is 65.5 Å². The number of aromatic nitrogens is 1. The quantitative estimate of drug-likeness (QED) is 0.820. The number of nitrogens with zero attached hydrogens (tertiary/aromatic N) is 3. The van der Waals surface area contributed by atoms with E-state index < -0.39 is 0 Å². The molecule has 3 fully saturated rings. The van der Waals surface area contributed by atoms with Gasteiger partial charge in [-0.1, -0.05) is 26.2 Å². The van der Waals surface area contributed by atoms with Crippen LogP contribution in [0.1, 0.15) is 75.1 Å². The maximum Gasteiger partial charge on any atom is 0.253 e. The van der Waals surface area contributed by atoms with Crippen LogP contribution in [0.3, 0.4) is 0 Å². The lowest BCUT2D eigenvalue weighted by atomic mass is 9.87. The number of nitrogens with one attached hydrogen (secondary N) is 1. The fourth-order valence-corrected chi connectivity index (χ4v) is 5.07. The van der Waals surface area contributed by atoms with Gasteiger partial charge in [0.2, 0.25) is 5.91 Å². The van der Waals surface area contributed by atoms with E-state index in [-0.39, 0.29) is 17.9 Å². The lowest BCUT2D eigenvalue weighted by Crippen LogP contribution is -2.48. The first kappa shape index (κ1) is 21.1. The molecule has 3 aliphatic rings. The highest BCUT2D eigenvalue weighted by Crippen LogP contribution is 2.27. The number of pyridine rings is 1. The minimum absolute atomic E-state index is 0.0571. The summed E-state index contributed by atoms with van der Waals surface area (Å²) < 4.78 is 0. The molecule has 164 valence electrons. The lowest BCUT2D eigenvalue weighted by Gasteiger charge is -2.35. The third-order valence-electron chi connectivity index (χ3n) is 7.21. The van der Waals surface area contributed by atoms with E-state index >= 15 is 0 Å². The van der Waals surface area contributed by atoms with Crippen molar-refractivity contribution in [1.82, 2.24) is 15.2 Å². The van der Waals surface area contributed by atoms with Crippen LogP contribution < -0.4 is 10.2 Å². The molecule has 30 heavy (non-hydrogen) atoms. The number of likely N-dealkylation sites (tertiary alicyclic amines) is 1. The maximum absolute atomic E-state index is 12.7. The van der Waals surface area contributed by atoms with E-state index in [0.717, 1.165) is 63.6 Å². The molecule has 1 aromatic heterocycles. The van der Waals surface area contributed by atoms with Crippen molar-refractivity contribution in [2.24, 2.45) is 11.8 Å². The zero-order chi connectivity index (χ0) is 20.9. The summed E-state index contributed by atoms with van der Waals surface area (Å²) in [6.45, 7) is 5.89. The van der Waals surface area contributed by atoms with Crippen LogP contribution in [-0.4, -0.2) is 53.9 Å². The van der Waals surface area contributed by atoms with E-state index in [9.17, 15) is 9.59 Å². The maximum atomic E-state index is 12.7. The molecular formula is C24H36N4O2. The molecule has 1 saturated carbocycles. The summed E-state index contributed by atoms with van der Waals surface area (Å²) in [6, 6.07) is 3.99. The number of amides is 2. The Labute approximate surface area is 180 Å². The number of rotatable bonds is 4. The van der Waals surface area contributed by atoms with E-state index in [2.05, 4.69) is 22.1 Å². The summed E-state index contributed by atoms with van der Waals surface area (Å²) in [5.41, 5.74) is 0.616. The summed E-state index contributed by atoms with van der Waals surface area (Å²) in [5.74, 6) is 2.27. The molecule has 0 atom stereocenters. The van der Waals surface area contributed by atoms with Crippen LogP contribution in [0.2, 0.25) is 0 Å². The van der Waals surface area contributed by atoms with Gasteiger partial charge in [0, 0.05) is 44.3 Å². The average molecular weight is 413 g/mol. The largest absolute Gasteiger partial charge is 0.357 e. The summed E-state index contributed by atoms with van der Waals surface area (Å²) in [6.07, 6.45) is 11.5. The molecule has 0 aromatic carbocycles. The molecule has 0 bridgehead atoms. The van der Waals surface area contributed by atoms with Crippen LogP contribution in [0.25, 0.3) is 0 Å². The molecule has 0 radical (unpaired) electrons. The lowest BCUT2D eigenvalue weighted by molar-refractivity contribution is -0.137. The van der Waals surface area contributed by atoms with E-state index in [1.54, 1.807) is 6.20 Å². The van der Waals surface area contributed by atoms with Crippen LogP contribution in [0.15, 0.2) is 18.3 Å². The van der Waals surface area contributed by atoms with E-state index in [1.165, 1.54) is 32.1 Å². The second-order valence-electron chi connectivity index (χ2n) is 9.48. The van der Waals surface area contributed by atoms with Crippen molar-refractivity contribution in [2.45, 2.75) is 70.8 Å². The van der Waals surface area contributed by atoms with Crippen molar-refractivity contribution < 1.29 is 9.59 Å². The van der Waals surface area contributed by atoms with Crippen molar-refractivity contribution in [3.05, 3.63) is 23.9 Å². The zero-order valence-corrected chi connectivity index (χ0v) is 18.3. The average Bonchev–Trinajstić information content (AvgIpc) is 2.80. The van der Waals surface area contributed by atoms with Gasteiger partial charge in [0.25, 0.3) is 5.91 Å². The highest BCUT2D eigenvalue weighted by Gasteiger charge is 2.29. The van der Waals surface area contributed by atoms with Crippen molar-refractivity contribution in [3.8, 4) is 0 Å². The van der Waals surface area contributed by atoms with Gasteiger partial charge in [-0.2, -0.15) is 0 Å². The van der Waals surface area contributed by atoms with Crippen LogP contribution in [-0.2, 0) is 4.79 Å². The second-order valence-corrected chi connectivity index (χ2v) is 9.48. The molecule has 3 heterocycles. The Morgan fingerprint density at radius 2 is 1.63 bits per heavy atom. The van der Waals surface area contributed by atoms with Gasteiger partial charge < -0.3 is 15.1 Å². The van der Waals surface area contributed by atoms with Crippen LogP contribution >= 0.6 is 0 Å². The van der Waals surface area contributed by atoms with Gasteiger partial charge in [0.05, 0.1) is 5.56 Å². The molecule has 0 unspecified atom stereocenters. The van der Waals surface area contributed by atoms with Gasteiger partial charge in [-0.3, -0.25) is 9.59 Å². The SMILES string of the molecule is CC1CCN(c2ccc(C(=O)NC3CCN(C(=O)C4CCCCC4)CC3)cn2)CC1. The van der Waals surface area contributed by atoms with Crippen molar-refractivity contribution >= 4 is 17.6 Å². The third kappa shape index (κ3) is 5.13. The highest BCUT2D eigenvalue weighted by molar-refractivity contribution is 5.94. The number of hydrogen-bond acceptors (Lipinski definition) is 4. The Bertz CT molecular complexity index is 713. The fraction of sp³-hybridized carbons (Fsp3) is 0.708. The first-order chi connectivity index (χ1) is 14.6. The van der Waals surface area contributed by atoms with Crippen molar-refractivity contribution in [1.29, 1.82) is 0 Å². The first-order valence-corrected chi connectivity index (χ1v) is 11.9. The van der Waals surface area contributed by atoms with Crippen molar-refractivity contribution in [3.63, 3.8) is 0 Å². The Balaban J connectivity index is 1.24.